The van der Waals surface area contributed by atoms with Crippen molar-refractivity contribution in [3.8, 4) is 0 Å². The molecule has 2 aromatic carbocycles. The number of rotatable bonds is 7. The number of nitro benzene ring substituents is 1. The van der Waals surface area contributed by atoms with Crippen LogP contribution in [-0.4, -0.2) is 32.0 Å². The summed E-state index contributed by atoms with van der Waals surface area (Å²) in [4.78, 5) is 22.3. The van der Waals surface area contributed by atoms with Gasteiger partial charge < -0.3 is 10.6 Å². The van der Waals surface area contributed by atoms with Gasteiger partial charge in [0.05, 0.1) is 4.92 Å². The highest BCUT2D eigenvalue weighted by Gasteiger charge is 2.25. The highest BCUT2D eigenvalue weighted by molar-refractivity contribution is 7.90. The second kappa shape index (κ2) is 8.36. The predicted octanol–water partition coefficient (Wildman–Crippen LogP) is 3.40. The summed E-state index contributed by atoms with van der Waals surface area (Å²) in [6.07, 6.45) is 0.923. The molecule has 1 amide bonds. The van der Waals surface area contributed by atoms with Gasteiger partial charge in [-0.05, 0) is 36.8 Å². The molecule has 0 radical (unpaired) electrons. The largest absolute Gasteiger partial charge is 0.379 e. The SMILES string of the molecule is Cc1c(Cl)cccc1NC(=O)CCNc1cccc(S(C)(=O)=O)c1[N+](=O)[O-]. The maximum Gasteiger partial charge on any atom is 0.310 e. The van der Waals surface area contributed by atoms with Crippen LogP contribution in [0, 0.1) is 17.0 Å². The van der Waals surface area contributed by atoms with Crippen LogP contribution in [0.4, 0.5) is 17.1 Å². The highest BCUT2D eigenvalue weighted by atomic mass is 35.5. The van der Waals surface area contributed by atoms with E-state index in [9.17, 15) is 23.3 Å². The molecule has 10 heteroatoms. The molecule has 0 bridgehead atoms. The second-order valence-electron chi connectivity index (χ2n) is 5.82. The molecule has 0 spiro atoms. The van der Waals surface area contributed by atoms with Gasteiger partial charge in [0.25, 0.3) is 0 Å². The van der Waals surface area contributed by atoms with Crippen LogP contribution in [0.5, 0.6) is 0 Å². The average molecular weight is 412 g/mol. The second-order valence-corrected chi connectivity index (χ2v) is 8.21. The third kappa shape index (κ3) is 5.18. The number of para-hydroxylation sites is 1. The van der Waals surface area contributed by atoms with E-state index in [2.05, 4.69) is 10.6 Å². The first kappa shape index (κ1) is 20.7. The molecule has 2 aromatic rings. The van der Waals surface area contributed by atoms with Gasteiger partial charge in [0, 0.05) is 29.9 Å². The molecule has 0 aliphatic heterocycles. The van der Waals surface area contributed by atoms with Crippen molar-refractivity contribution in [2.24, 2.45) is 0 Å². The molecule has 0 atom stereocenters. The summed E-state index contributed by atoms with van der Waals surface area (Å²) in [5, 5.41) is 17.3. The van der Waals surface area contributed by atoms with Crippen LogP contribution in [0.3, 0.4) is 0 Å². The molecule has 144 valence electrons. The number of halogens is 1. The molecular formula is C17H18ClN3O5S. The van der Waals surface area contributed by atoms with Gasteiger partial charge in [0.2, 0.25) is 5.91 Å². The molecule has 0 saturated heterocycles. The molecule has 0 aromatic heterocycles. The average Bonchev–Trinajstić information content (AvgIpc) is 2.58. The van der Waals surface area contributed by atoms with Gasteiger partial charge in [-0.1, -0.05) is 23.7 Å². The quantitative estimate of drug-likeness (QED) is 0.532. The zero-order valence-corrected chi connectivity index (χ0v) is 16.2. The third-order valence-corrected chi connectivity index (χ3v) is 5.33. The Kier molecular flexibility index (Phi) is 6.40. The van der Waals surface area contributed by atoms with Crippen molar-refractivity contribution in [2.45, 2.75) is 18.2 Å². The molecule has 0 saturated carbocycles. The molecule has 2 rings (SSSR count). The van der Waals surface area contributed by atoms with Crippen LogP contribution in [-0.2, 0) is 14.6 Å². The first-order chi connectivity index (χ1) is 12.6. The maximum absolute atomic E-state index is 12.1. The van der Waals surface area contributed by atoms with Crippen molar-refractivity contribution in [1.82, 2.24) is 0 Å². The van der Waals surface area contributed by atoms with Gasteiger partial charge in [-0.3, -0.25) is 14.9 Å². The van der Waals surface area contributed by atoms with Crippen molar-refractivity contribution in [3.05, 3.63) is 57.1 Å². The fourth-order valence-corrected chi connectivity index (χ4v) is 3.45. The van der Waals surface area contributed by atoms with E-state index >= 15 is 0 Å². The standard InChI is InChI=1S/C17H18ClN3O5S/c1-11-12(18)5-3-6-13(11)20-16(22)9-10-19-14-7-4-8-15(27(2,25)26)17(14)21(23)24/h3-8,19H,9-10H2,1-2H3,(H,20,22). The molecular weight excluding hydrogens is 394 g/mol. The van der Waals surface area contributed by atoms with E-state index in [0.29, 0.717) is 10.7 Å². The molecule has 0 aliphatic carbocycles. The van der Waals surface area contributed by atoms with Gasteiger partial charge in [-0.25, -0.2) is 8.42 Å². The van der Waals surface area contributed by atoms with Crippen LogP contribution in [0.1, 0.15) is 12.0 Å². The van der Waals surface area contributed by atoms with Gasteiger partial charge >= 0.3 is 5.69 Å². The lowest BCUT2D eigenvalue weighted by atomic mass is 10.2. The van der Waals surface area contributed by atoms with Crippen molar-refractivity contribution in [3.63, 3.8) is 0 Å². The number of hydrogen-bond acceptors (Lipinski definition) is 6. The Bertz CT molecular complexity index is 992. The van der Waals surface area contributed by atoms with E-state index in [4.69, 9.17) is 11.6 Å². The van der Waals surface area contributed by atoms with Crippen molar-refractivity contribution < 1.29 is 18.1 Å². The van der Waals surface area contributed by atoms with Gasteiger partial charge in [0.1, 0.15) is 10.6 Å². The minimum Gasteiger partial charge on any atom is -0.379 e. The number of benzene rings is 2. The van der Waals surface area contributed by atoms with Crippen LogP contribution in [0.2, 0.25) is 5.02 Å². The van der Waals surface area contributed by atoms with E-state index in [1.165, 1.54) is 18.2 Å². The van der Waals surface area contributed by atoms with Gasteiger partial charge in [-0.15, -0.1) is 0 Å². The lowest BCUT2D eigenvalue weighted by Gasteiger charge is -2.11. The summed E-state index contributed by atoms with van der Waals surface area (Å²) in [7, 11) is -3.77. The van der Waals surface area contributed by atoms with Crippen molar-refractivity contribution >= 4 is 44.4 Å². The Labute approximate surface area is 161 Å². The fraction of sp³-hybridized carbons (Fsp3) is 0.235. The molecule has 0 aliphatic rings. The minimum absolute atomic E-state index is 0.0200. The normalized spacial score (nSPS) is 11.1. The predicted molar refractivity (Wildman–Crippen MR) is 104 cm³/mol. The van der Waals surface area contributed by atoms with Crippen LogP contribution in [0.15, 0.2) is 41.3 Å². The number of hydrogen-bond donors (Lipinski definition) is 2. The molecule has 8 nitrogen and oxygen atoms in total. The van der Waals surface area contributed by atoms with Crippen LogP contribution < -0.4 is 10.6 Å². The Morgan fingerprint density at radius 2 is 1.81 bits per heavy atom. The number of nitro groups is 1. The summed E-state index contributed by atoms with van der Waals surface area (Å²) in [6.45, 7) is 1.86. The first-order valence-electron chi connectivity index (χ1n) is 7.87. The number of anilines is 2. The fourth-order valence-electron chi connectivity index (χ4n) is 2.42. The van der Waals surface area contributed by atoms with E-state index < -0.39 is 20.4 Å². The zero-order chi connectivity index (χ0) is 20.2. The molecule has 0 heterocycles. The Morgan fingerprint density at radius 3 is 2.44 bits per heavy atom. The Morgan fingerprint density at radius 1 is 1.19 bits per heavy atom. The van der Waals surface area contributed by atoms with E-state index in [0.717, 1.165) is 11.8 Å². The van der Waals surface area contributed by atoms with Gasteiger partial charge in [0.15, 0.2) is 9.84 Å². The topological polar surface area (TPSA) is 118 Å². The highest BCUT2D eigenvalue weighted by Crippen LogP contribution is 2.31. The van der Waals surface area contributed by atoms with Crippen LogP contribution >= 0.6 is 11.6 Å². The number of amides is 1. The summed E-state index contributed by atoms with van der Waals surface area (Å²) in [6, 6.07) is 9.11. The van der Waals surface area contributed by atoms with E-state index in [-0.39, 0.29) is 29.5 Å². The van der Waals surface area contributed by atoms with Gasteiger partial charge in [-0.2, -0.15) is 0 Å². The zero-order valence-electron chi connectivity index (χ0n) is 14.7. The summed E-state index contributed by atoms with van der Waals surface area (Å²) < 4.78 is 23.5. The summed E-state index contributed by atoms with van der Waals surface area (Å²) in [5.74, 6) is -0.310. The number of sulfone groups is 1. The minimum atomic E-state index is -3.77. The number of nitrogens with one attached hydrogen (secondary N) is 2. The molecule has 27 heavy (non-hydrogen) atoms. The Hall–Kier alpha value is -2.65. The van der Waals surface area contributed by atoms with Crippen molar-refractivity contribution in [2.75, 3.05) is 23.4 Å². The summed E-state index contributed by atoms with van der Waals surface area (Å²) in [5.41, 5.74) is 0.815. The van der Waals surface area contributed by atoms with Crippen LogP contribution in [0.25, 0.3) is 0 Å². The molecule has 0 fully saturated rings. The number of carbonyl (C=O) groups excluding carboxylic acids is 1. The lowest BCUT2D eigenvalue weighted by Crippen LogP contribution is -2.17. The molecule has 2 N–H and O–H groups in total. The number of carbonyl (C=O) groups is 1. The smallest absolute Gasteiger partial charge is 0.310 e. The lowest BCUT2D eigenvalue weighted by molar-refractivity contribution is -0.386. The Balaban J connectivity index is 2.08. The van der Waals surface area contributed by atoms with Crippen molar-refractivity contribution in [1.29, 1.82) is 0 Å². The summed E-state index contributed by atoms with van der Waals surface area (Å²) >= 11 is 6.00. The van der Waals surface area contributed by atoms with E-state index in [1.54, 1.807) is 25.1 Å². The maximum atomic E-state index is 12.1. The molecule has 0 unspecified atom stereocenters. The third-order valence-electron chi connectivity index (χ3n) is 3.79. The monoisotopic (exact) mass is 411 g/mol. The first-order valence-corrected chi connectivity index (χ1v) is 10.1. The van der Waals surface area contributed by atoms with E-state index in [1.807, 2.05) is 0 Å². The number of nitrogens with zero attached hydrogens (tertiary/aromatic N) is 1.